The van der Waals surface area contributed by atoms with Crippen LogP contribution in [-0.2, 0) is 0 Å². The van der Waals surface area contributed by atoms with Crippen molar-refractivity contribution in [3.05, 3.63) is 67.9 Å². The quantitative estimate of drug-likeness (QED) is 0.323. The molecule has 32 heavy (non-hydrogen) atoms. The number of aromatic nitrogens is 3. The fourth-order valence-corrected chi connectivity index (χ4v) is 4.44. The van der Waals surface area contributed by atoms with Gasteiger partial charge in [0.15, 0.2) is 17.3 Å². The summed E-state index contributed by atoms with van der Waals surface area (Å²) in [5, 5.41) is 4.97. The molecule has 0 atom stereocenters. The van der Waals surface area contributed by atoms with E-state index in [-0.39, 0.29) is 5.56 Å². The normalized spacial score (nSPS) is 11.9. The summed E-state index contributed by atoms with van der Waals surface area (Å²) in [6, 6.07) is 12.9. The van der Waals surface area contributed by atoms with E-state index >= 15 is 0 Å². The molecule has 6 nitrogen and oxygen atoms in total. The maximum Gasteiger partial charge on any atom is 0.291 e. The Balaban J connectivity index is 1.58. The third-order valence-electron chi connectivity index (χ3n) is 5.01. The molecule has 0 radical (unpaired) electrons. The average Bonchev–Trinajstić information content (AvgIpc) is 3.34. The van der Waals surface area contributed by atoms with Gasteiger partial charge in [0, 0.05) is 10.6 Å². The van der Waals surface area contributed by atoms with Crippen molar-refractivity contribution < 1.29 is 9.47 Å². The number of rotatable bonds is 9. The number of hydrogen-bond donors (Lipinski definition) is 0. The molecule has 2 heterocycles. The molecule has 2 aromatic carbocycles. The van der Waals surface area contributed by atoms with Crippen LogP contribution in [0.15, 0.2) is 47.3 Å². The lowest BCUT2D eigenvalue weighted by Gasteiger charge is -2.11. The second-order valence-electron chi connectivity index (χ2n) is 7.38. The zero-order valence-corrected chi connectivity index (χ0v) is 19.6. The Morgan fingerprint density at radius 2 is 2.00 bits per heavy atom. The van der Waals surface area contributed by atoms with E-state index in [9.17, 15) is 4.79 Å². The van der Waals surface area contributed by atoms with Crippen molar-refractivity contribution in [3.8, 4) is 22.9 Å². The van der Waals surface area contributed by atoms with Crippen molar-refractivity contribution >= 4 is 34.0 Å². The standard InChI is InChI=1S/C24H24ClN3O3S/c1-3-4-5-6-12-31-19-11-10-16(13-20(19)30-2)14-21-23(29)28-24(32-21)26-22(27-28)17-8-7-9-18(25)15-17/h7-11,13-15H,3-6,12H2,1-2H3. The van der Waals surface area contributed by atoms with Crippen molar-refractivity contribution in [2.45, 2.75) is 32.6 Å². The number of unbranched alkanes of at least 4 members (excludes halogenated alkanes) is 3. The summed E-state index contributed by atoms with van der Waals surface area (Å²) in [5.74, 6) is 1.83. The van der Waals surface area contributed by atoms with Crippen LogP contribution in [0.3, 0.4) is 0 Å². The largest absolute Gasteiger partial charge is 0.493 e. The highest BCUT2D eigenvalue weighted by molar-refractivity contribution is 7.15. The Morgan fingerprint density at radius 1 is 1.12 bits per heavy atom. The van der Waals surface area contributed by atoms with Crippen LogP contribution < -0.4 is 19.6 Å². The van der Waals surface area contributed by atoms with Crippen LogP contribution in [0, 0.1) is 0 Å². The van der Waals surface area contributed by atoms with E-state index in [2.05, 4.69) is 17.0 Å². The lowest BCUT2D eigenvalue weighted by atomic mass is 10.2. The molecule has 0 aliphatic heterocycles. The maximum absolute atomic E-state index is 12.9. The summed E-state index contributed by atoms with van der Waals surface area (Å²) >= 11 is 7.35. The van der Waals surface area contributed by atoms with Gasteiger partial charge in [-0.25, -0.2) is 0 Å². The van der Waals surface area contributed by atoms with Crippen LogP contribution in [0.4, 0.5) is 0 Å². The zero-order valence-electron chi connectivity index (χ0n) is 18.0. The van der Waals surface area contributed by atoms with Crippen molar-refractivity contribution in [1.29, 1.82) is 0 Å². The Hall–Kier alpha value is -2.90. The minimum atomic E-state index is -0.207. The molecule has 0 aliphatic rings. The van der Waals surface area contributed by atoms with Crippen LogP contribution in [0.5, 0.6) is 11.5 Å². The highest BCUT2D eigenvalue weighted by Gasteiger charge is 2.13. The first-order valence-corrected chi connectivity index (χ1v) is 11.8. The number of ether oxygens (including phenoxy) is 2. The topological polar surface area (TPSA) is 65.7 Å². The molecule has 0 bridgehead atoms. The molecule has 0 unspecified atom stereocenters. The lowest BCUT2D eigenvalue weighted by Crippen LogP contribution is -2.23. The van der Waals surface area contributed by atoms with Crippen molar-refractivity contribution in [1.82, 2.24) is 14.6 Å². The first-order valence-electron chi connectivity index (χ1n) is 10.6. The van der Waals surface area contributed by atoms with Crippen LogP contribution >= 0.6 is 22.9 Å². The van der Waals surface area contributed by atoms with E-state index in [0.29, 0.717) is 38.4 Å². The van der Waals surface area contributed by atoms with Crippen molar-refractivity contribution in [2.24, 2.45) is 0 Å². The fraction of sp³-hybridized carbons (Fsp3) is 0.292. The molecule has 166 valence electrons. The first-order chi connectivity index (χ1) is 15.6. The van der Waals surface area contributed by atoms with Gasteiger partial charge in [-0.05, 0) is 42.3 Å². The number of thiazole rings is 1. The smallest absolute Gasteiger partial charge is 0.291 e. The van der Waals surface area contributed by atoms with Crippen LogP contribution in [0.2, 0.25) is 5.02 Å². The van der Waals surface area contributed by atoms with Gasteiger partial charge in [0.05, 0.1) is 18.2 Å². The average molecular weight is 470 g/mol. The van der Waals surface area contributed by atoms with Crippen LogP contribution in [0.25, 0.3) is 22.4 Å². The molecular formula is C24H24ClN3O3S. The number of benzene rings is 2. The minimum Gasteiger partial charge on any atom is -0.493 e. The summed E-state index contributed by atoms with van der Waals surface area (Å²) in [5.41, 5.74) is 1.41. The SMILES string of the molecule is CCCCCCOc1ccc(C=c2sc3nc(-c4cccc(Cl)c4)nn3c2=O)cc1OC. The van der Waals surface area contributed by atoms with Gasteiger partial charge in [0.1, 0.15) is 0 Å². The molecule has 0 amide bonds. The predicted octanol–water partition coefficient (Wildman–Crippen LogP) is 4.99. The summed E-state index contributed by atoms with van der Waals surface area (Å²) < 4.78 is 13.2. The number of methoxy groups -OCH3 is 1. The molecule has 0 saturated carbocycles. The molecule has 0 aliphatic carbocycles. The van der Waals surface area contributed by atoms with E-state index in [1.807, 2.05) is 36.4 Å². The van der Waals surface area contributed by atoms with E-state index in [1.54, 1.807) is 19.2 Å². The summed E-state index contributed by atoms with van der Waals surface area (Å²) in [7, 11) is 1.61. The van der Waals surface area contributed by atoms with Gasteiger partial charge >= 0.3 is 0 Å². The van der Waals surface area contributed by atoms with E-state index in [0.717, 1.165) is 24.0 Å². The van der Waals surface area contributed by atoms with Gasteiger partial charge in [-0.2, -0.15) is 9.50 Å². The van der Waals surface area contributed by atoms with E-state index in [1.165, 1.54) is 28.7 Å². The number of halogens is 1. The maximum atomic E-state index is 12.9. The number of fused-ring (bicyclic) bond motifs is 1. The van der Waals surface area contributed by atoms with Gasteiger partial charge in [-0.3, -0.25) is 4.79 Å². The summed E-state index contributed by atoms with van der Waals surface area (Å²) in [6.07, 6.45) is 6.40. The Bertz CT molecular complexity index is 1330. The highest BCUT2D eigenvalue weighted by atomic mass is 35.5. The molecule has 0 spiro atoms. The van der Waals surface area contributed by atoms with Gasteiger partial charge in [-0.15, -0.1) is 5.10 Å². The van der Waals surface area contributed by atoms with Crippen molar-refractivity contribution in [3.63, 3.8) is 0 Å². The van der Waals surface area contributed by atoms with E-state index in [4.69, 9.17) is 21.1 Å². The second-order valence-corrected chi connectivity index (χ2v) is 8.82. The minimum absolute atomic E-state index is 0.207. The summed E-state index contributed by atoms with van der Waals surface area (Å²) in [6.45, 7) is 2.85. The molecule has 4 aromatic rings. The third-order valence-corrected chi connectivity index (χ3v) is 6.20. The molecular weight excluding hydrogens is 446 g/mol. The number of hydrogen-bond acceptors (Lipinski definition) is 6. The predicted molar refractivity (Wildman–Crippen MR) is 129 cm³/mol. The molecule has 4 rings (SSSR count). The van der Waals surface area contributed by atoms with Gasteiger partial charge in [0.2, 0.25) is 4.96 Å². The molecule has 0 fully saturated rings. The Labute approximate surface area is 195 Å². The van der Waals surface area contributed by atoms with Crippen LogP contribution in [0.1, 0.15) is 38.2 Å². The third kappa shape index (κ3) is 4.95. The van der Waals surface area contributed by atoms with Gasteiger partial charge in [0.25, 0.3) is 5.56 Å². The van der Waals surface area contributed by atoms with E-state index < -0.39 is 0 Å². The highest BCUT2D eigenvalue weighted by Crippen LogP contribution is 2.28. The summed E-state index contributed by atoms with van der Waals surface area (Å²) in [4.78, 5) is 17.9. The zero-order chi connectivity index (χ0) is 22.5. The van der Waals surface area contributed by atoms with Gasteiger partial charge in [-0.1, -0.05) is 67.3 Å². The van der Waals surface area contributed by atoms with Crippen molar-refractivity contribution in [2.75, 3.05) is 13.7 Å². The Kier molecular flexibility index (Phi) is 7.07. The van der Waals surface area contributed by atoms with Gasteiger partial charge < -0.3 is 9.47 Å². The first kappa shape index (κ1) is 22.3. The molecule has 0 N–H and O–H groups in total. The molecule has 0 saturated heterocycles. The fourth-order valence-electron chi connectivity index (χ4n) is 3.34. The molecule has 2 aromatic heterocycles. The van der Waals surface area contributed by atoms with Crippen LogP contribution in [-0.4, -0.2) is 28.3 Å². The number of nitrogens with zero attached hydrogens (tertiary/aromatic N) is 3. The second kappa shape index (κ2) is 10.1. The lowest BCUT2D eigenvalue weighted by molar-refractivity contribution is 0.285. The Morgan fingerprint density at radius 3 is 2.75 bits per heavy atom. The monoisotopic (exact) mass is 469 g/mol. The molecule has 8 heteroatoms.